The molecule has 0 aliphatic carbocycles. The molecule has 0 saturated carbocycles. The van der Waals surface area contributed by atoms with Gasteiger partial charge in [0.15, 0.2) is 0 Å². The molecule has 2 aromatic carbocycles. The van der Waals surface area contributed by atoms with Crippen LogP contribution >= 0.6 is 0 Å². The molecule has 0 saturated heterocycles. The standard InChI is InChI=1S/C9H12O.C7H8/c1-2-3-8-4-6-9(10)7-5-8;1-7-5-3-2-4-6-7/h4-7,10H,2-3H2,1H3;2-6H,1H3. The molecule has 0 amide bonds. The van der Waals surface area contributed by atoms with Gasteiger partial charge in [0.25, 0.3) is 0 Å². The number of hydrogen-bond acceptors (Lipinski definition) is 1. The van der Waals surface area contributed by atoms with Gasteiger partial charge in [0, 0.05) is 0 Å². The van der Waals surface area contributed by atoms with Gasteiger partial charge in [-0.15, -0.1) is 0 Å². The van der Waals surface area contributed by atoms with E-state index in [1.807, 2.05) is 30.3 Å². The molecule has 17 heavy (non-hydrogen) atoms. The van der Waals surface area contributed by atoms with Gasteiger partial charge in [-0.05, 0) is 31.0 Å². The van der Waals surface area contributed by atoms with Crippen LogP contribution in [-0.4, -0.2) is 5.11 Å². The van der Waals surface area contributed by atoms with Crippen LogP contribution in [0.5, 0.6) is 5.75 Å². The average Bonchev–Trinajstić information content (AvgIpc) is 2.34. The first-order chi connectivity index (χ1) is 8.22. The molecule has 0 radical (unpaired) electrons. The Morgan fingerprint density at radius 2 is 1.47 bits per heavy atom. The maximum atomic E-state index is 8.92. The van der Waals surface area contributed by atoms with Crippen LogP contribution in [0.3, 0.4) is 0 Å². The molecule has 0 atom stereocenters. The molecule has 0 fully saturated rings. The molecule has 2 aromatic rings. The minimum absolute atomic E-state index is 0.347. The molecule has 0 spiro atoms. The lowest BCUT2D eigenvalue weighted by Crippen LogP contribution is -1.79. The largest absolute Gasteiger partial charge is 0.508 e. The van der Waals surface area contributed by atoms with E-state index in [-0.39, 0.29) is 0 Å². The Labute approximate surface area is 104 Å². The van der Waals surface area contributed by atoms with E-state index < -0.39 is 0 Å². The van der Waals surface area contributed by atoms with E-state index in [1.54, 1.807) is 12.1 Å². The third-order valence-electron chi connectivity index (χ3n) is 2.42. The first kappa shape index (κ1) is 13.3. The van der Waals surface area contributed by atoms with E-state index in [0.29, 0.717) is 5.75 Å². The minimum Gasteiger partial charge on any atom is -0.508 e. The number of benzene rings is 2. The number of aryl methyl sites for hydroxylation is 2. The maximum absolute atomic E-state index is 8.92. The molecule has 1 heteroatoms. The van der Waals surface area contributed by atoms with E-state index in [4.69, 9.17) is 5.11 Å². The van der Waals surface area contributed by atoms with E-state index in [9.17, 15) is 0 Å². The second-order valence-electron chi connectivity index (χ2n) is 4.07. The first-order valence-electron chi connectivity index (χ1n) is 6.02. The Bertz CT molecular complexity index is 403. The zero-order valence-corrected chi connectivity index (χ0v) is 10.6. The number of phenols is 1. The summed E-state index contributed by atoms with van der Waals surface area (Å²) in [5.74, 6) is 0.347. The lowest BCUT2D eigenvalue weighted by Gasteiger charge is -1.96. The third-order valence-corrected chi connectivity index (χ3v) is 2.42. The highest BCUT2D eigenvalue weighted by Gasteiger charge is 1.89. The van der Waals surface area contributed by atoms with Crippen molar-refractivity contribution in [3.8, 4) is 5.75 Å². The fraction of sp³-hybridized carbons (Fsp3) is 0.250. The smallest absolute Gasteiger partial charge is 0.115 e. The van der Waals surface area contributed by atoms with Gasteiger partial charge in [0.1, 0.15) is 5.75 Å². The first-order valence-corrected chi connectivity index (χ1v) is 6.02. The van der Waals surface area contributed by atoms with Crippen LogP contribution < -0.4 is 0 Å². The summed E-state index contributed by atoms with van der Waals surface area (Å²) in [7, 11) is 0. The molecule has 1 nitrogen and oxygen atoms in total. The lowest BCUT2D eigenvalue weighted by molar-refractivity contribution is 0.475. The van der Waals surface area contributed by atoms with Gasteiger partial charge in [-0.1, -0.05) is 61.4 Å². The third kappa shape index (κ3) is 5.76. The zero-order valence-electron chi connectivity index (χ0n) is 10.6. The normalized spacial score (nSPS) is 9.29. The van der Waals surface area contributed by atoms with Crippen molar-refractivity contribution in [2.24, 2.45) is 0 Å². The summed E-state index contributed by atoms with van der Waals surface area (Å²) < 4.78 is 0. The number of hydrogen-bond donors (Lipinski definition) is 1. The minimum atomic E-state index is 0.347. The van der Waals surface area contributed by atoms with E-state index in [1.165, 1.54) is 11.1 Å². The van der Waals surface area contributed by atoms with Gasteiger partial charge in [-0.2, -0.15) is 0 Å². The molecule has 0 bridgehead atoms. The Kier molecular flexibility index (Phi) is 5.87. The summed E-state index contributed by atoms with van der Waals surface area (Å²) in [5.41, 5.74) is 2.61. The number of phenolic OH excluding ortho intramolecular Hbond substituents is 1. The van der Waals surface area contributed by atoms with Crippen LogP contribution in [0.1, 0.15) is 24.5 Å². The second kappa shape index (κ2) is 7.50. The van der Waals surface area contributed by atoms with Gasteiger partial charge in [0.2, 0.25) is 0 Å². The number of aromatic hydroxyl groups is 1. The van der Waals surface area contributed by atoms with Crippen LogP contribution in [0, 0.1) is 6.92 Å². The van der Waals surface area contributed by atoms with Crippen molar-refractivity contribution in [1.82, 2.24) is 0 Å². The summed E-state index contributed by atoms with van der Waals surface area (Å²) in [6.45, 7) is 4.23. The van der Waals surface area contributed by atoms with Gasteiger partial charge in [-0.3, -0.25) is 0 Å². The van der Waals surface area contributed by atoms with Crippen molar-refractivity contribution >= 4 is 0 Å². The molecule has 0 aromatic heterocycles. The highest BCUT2D eigenvalue weighted by atomic mass is 16.3. The molecule has 1 N–H and O–H groups in total. The van der Waals surface area contributed by atoms with Gasteiger partial charge in [-0.25, -0.2) is 0 Å². The Hall–Kier alpha value is -1.76. The van der Waals surface area contributed by atoms with Crippen molar-refractivity contribution in [1.29, 1.82) is 0 Å². The molecule has 90 valence electrons. The quantitative estimate of drug-likeness (QED) is 0.810. The van der Waals surface area contributed by atoms with Crippen LogP contribution in [0.15, 0.2) is 54.6 Å². The van der Waals surface area contributed by atoms with Crippen LogP contribution in [0.25, 0.3) is 0 Å². The van der Waals surface area contributed by atoms with E-state index in [0.717, 1.165) is 12.8 Å². The van der Waals surface area contributed by atoms with Crippen molar-refractivity contribution in [3.05, 3.63) is 65.7 Å². The highest BCUT2D eigenvalue weighted by molar-refractivity contribution is 5.25. The van der Waals surface area contributed by atoms with Crippen molar-refractivity contribution in [3.63, 3.8) is 0 Å². The van der Waals surface area contributed by atoms with Crippen molar-refractivity contribution in [2.45, 2.75) is 26.7 Å². The van der Waals surface area contributed by atoms with Crippen LogP contribution in [0.4, 0.5) is 0 Å². The monoisotopic (exact) mass is 228 g/mol. The van der Waals surface area contributed by atoms with Crippen LogP contribution in [0.2, 0.25) is 0 Å². The predicted molar refractivity (Wildman–Crippen MR) is 73.3 cm³/mol. The fourth-order valence-corrected chi connectivity index (χ4v) is 1.49. The second-order valence-corrected chi connectivity index (χ2v) is 4.07. The molecule has 0 aliphatic heterocycles. The van der Waals surface area contributed by atoms with Crippen molar-refractivity contribution < 1.29 is 5.11 Å². The van der Waals surface area contributed by atoms with Crippen LogP contribution in [-0.2, 0) is 6.42 Å². The van der Waals surface area contributed by atoms with Gasteiger partial charge in [0.05, 0.1) is 0 Å². The summed E-state index contributed by atoms with van der Waals surface area (Å²) in [6.07, 6.45) is 2.26. The molecule has 0 aliphatic rings. The summed E-state index contributed by atoms with van der Waals surface area (Å²) in [5, 5.41) is 8.92. The molecular formula is C16H20O. The number of rotatable bonds is 2. The molecule has 0 heterocycles. The Morgan fingerprint density at radius 3 is 1.88 bits per heavy atom. The molecular weight excluding hydrogens is 208 g/mol. The van der Waals surface area contributed by atoms with E-state index in [2.05, 4.69) is 26.0 Å². The predicted octanol–water partition coefficient (Wildman–Crippen LogP) is 4.34. The summed E-state index contributed by atoms with van der Waals surface area (Å²) in [4.78, 5) is 0. The molecule has 2 rings (SSSR count). The van der Waals surface area contributed by atoms with Gasteiger partial charge >= 0.3 is 0 Å². The Balaban J connectivity index is 0.000000181. The highest BCUT2D eigenvalue weighted by Crippen LogP contribution is 2.10. The van der Waals surface area contributed by atoms with E-state index >= 15 is 0 Å². The zero-order chi connectivity index (χ0) is 12.5. The lowest BCUT2D eigenvalue weighted by atomic mass is 10.1. The average molecular weight is 228 g/mol. The summed E-state index contributed by atoms with van der Waals surface area (Å²) >= 11 is 0. The maximum Gasteiger partial charge on any atom is 0.115 e. The Morgan fingerprint density at radius 1 is 0.882 bits per heavy atom. The van der Waals surface area contributed by atoms with Gasteiger partial charge < -0.3 is 5.11 Å². The summed E-state index contributed by atoms with van der Waals surface area (Å²) in [6, 6.07) is 17.6. The molecule has 0 unspecified atom stereocenters. The van der Waals surface area contributed by atoms with Crippen molar-refractivity contribution in [2.75, 3.05) is 0 Å². The fourth-order valence-electron chi connectivity index (χ4n) is 1.49. The SMILES string of the molecule is CCCc1ccc(O)cc1.Cc1ccccc1. The topological polar surface area (TPSA) is 20.2 Å².